The first kappa shape index (κ1) is 30.0. The number of carbonyl (C=O) groups is 2. The van der Waals surface area contributed by atoms with Gasteiger partial charge in [0.1, 0.15) is 12.7 Å². The standard InChI is InChI=1S/C21H42NO8P/c1-3-4-5-6-7-8-9-10-11-12-13-14-21(25)22-15-16-29-31(26,27)30-18-20(24)17-28-19(2)23/h20,24H,3-18H2,1-2H3,(H,22,25)(H,26,27). The van der Waals surface area contributed by atoms with E-state index in [1.54, 1.807) is 0 Å². The highest BCUT2D eigenvalue weighted by Crippen LogP contribution is 2.42. The van der Waals surface area contributed by atoms with Gasteiger partial charge in [0.05, 0.1) is 13.2 Å². The first-order chi connectivity index (χ1) is 14.8. The molecule has 0 rings (SSSR count). The zero-order valence-corrected chi connectivity index (χ0v) is 20.1. The van der Waals surface area contributed by atoms with Crippen molar-refractivity contribution in [3.63, 3.8) is 0 Å². The van der Waals surface area contributed by atoms with Crippen LogP contribution >= 0.6 is 7.82 Å². The Morgan fingerprint density at radius 3 is 2.00 bits per heavy atom. The Hall–Kier alpha value is -0.990. The molecule has 2 atom stereocenters. The molecule has 0 heterocycles. The van der Waals surface area contributed by atoms with E-state index in [-0.39, 0.29) is 25.7 Å². The molecule has 0 aliphatic heterocycles. The Bertz CT molecular complexity index is 518. The van der Waals surface area contributed by atoms with Gasteiger partial charge in [-0.15, -0.1) is 0 Å². The summed E-state index contributed by atoms with van der Waals surface area (Å²) in [5, 5.41) is 12.1. The first-order valence-corrected chi connectivity index (χ1v) is 13.0. The Labute approximate surface area is 186 Å². The molecule has 0 saturated heterocycles. The normalized spacial score (nSPS) is 14.1. The third kappa shape index (κ3) is 22.0. The van der Waals surface area contributed by atoms with Crippen LogP contribution in [0.3, 0.4) is 0 Å². The molecule has 0 bridgehead atoms. The van der Waals surface area contributed by atoms with Gasteiger partial charge in [-0.25, -0.2) is 4.57 Å². The third-order valence-electron chi connectivity index (χ3n) is 4.60. The molecule has 2 unspecified atom stereocenters. The molecule has 3 N–H and O–H groups in total. The van der Waals surface area contributed by atoms with Crippen molar-refractivity contribution in [1.82, 2.24) is 5.32 Å². The van der Waals surface area contributed by atoms with Crippen molar-refractivity contribution in [3.8, 4) is 0 Å². The Morgan fingerprint density at radius 1 is 0.903 bits per heavy atom. The highest BCUT2D eigenvalue weighted by molar-refractivity contribution is 7.47. The van der Waals surface area contributed by atoms with E-state index >= 15 is 0 Å². The van der Waals surface area contributed by atoms with Crippen molar-refractivity contribution in [2.24, 2.45) is 0 Å². The molecule has 0 aromatic rings. The molecular weight excluding hydrogens is 425 g/mol. The van der Waals surface area contributed by atoms with E-state index in [1.807, 2.05) is 0 Å². The maximum absolute atomic E-state index is 11.8. The highest BCUT2D eigenvalue weighted by atomic mass is 31.2. The summed E-state index contributed by atoms with van der Waals surface area (Å²) in [6.45, 7) is 2.43. The number of hydrogen-bond donors (Lipinski definition) is 3. The molecule has 184 valence electrons. The van der Waals surface area contributed by atoms with E-state index in [0.29, 0.717) is 6.42 Å². The summed E-state index contributed by atoms with van der Waals surface area (Å²) in [4.78, 5) is 31.9. The molecule has 0 fully saturated rings. The number of esters is 1. The fourth-order valence-electron chi connectivity index (χ4n) is 2.87. The van der Waals surface area contributed by atoms with Crippen molar-refractivity contribution in [3.05, 3.63) is 0 Å². The number of aliphatic hydroxyl groups is 1. The van der Waals surface area contributed by atoms with Crippen LogP contribution in [0.5, 0.6) is 0 Å². The van der Waals surface area contributed by atoms with Crippen molar-refractivity contribution in [1.29, 1.82) is 0 Å². The molecular formula is C21H42NO8P. The molecule has 1 amide bonds. The van der Waals surface area contributed by atoms with Crippen LogP contribution < -0.4 is 5.32 Å². The van der Waals surface area contributed by atoms with Crippen molar-refractivity contribution in [2.45, 2.75) is 97.0 Å². The Morgan fingerprint density at radius 2 is 1.45 bits per heavy atom. The average molecular weight is 468 g/mol. The third-order valence-corrected chi connectivity index (χ3v) is 5.58. The lowest BCUT2D eigenvalue weighted by atomic mass is 10.1. The van der Waals surface area contributed by atoms with Crippen LogP contribution in [0.1, 0.15) is 90.9 Å². The minimum atomic E-state index is -4.35. The van der Waals surface area contributed by atoms with Crippen LogP contribution in [-0.2, 0) is 27.9 Å². The minimum absolute atomic E-state index is 0.0841. The summed E-state index contributed by atoms with van der Waals surface area (Å²) in [5.74, 6) is -0.698. The van der Waals surface area contributed by atoms with E-state index in [9.17, 15) is 24.2 Å². The van der Waals surface area contributed by atoms with Crippen molar-refractivity contribution in [2.75, 3.05) is 26.4 Å². The Balaban J connectivity index is 3.56. The van der Waals surface area contributed by atoms with E-state index in [1.165, 1.54) is 58.3 Å². The molecule has 0 aliphatic carbocycles. The first-order valence-electron chi connectivity index (χ1n) is 11.5. The molecule has 0 aliphatic rings. The van der Waals surface area contributed by atoms with Crippen LogP contribution in [0, 0.1) is 0 Å². The summed E-state index contributed by atoms with van der Waals surface area (Å²) in [6, 6.07) is 0. The topological polar surface area (TPSA) is 131 Å². The maximum atomic E-state index is 11.8. The van der Waals surface area contributed by atoms with Crippen LogP contribution in [0.25, 0.3) is 0 Å². The fraction of sp³-hybridized carbons (Fsp3) is 0.905. The van der Waals surface area contributed by atoms with Crippen LogP contribution in [-0.4, -0.2) is 54.3 Å². The summed E-state index contributed by atoms with van der Waals surface area (Å²) < 4.78 is 25.5. The number of carbonyl (C=O) groups excluding carboxylic acids is 2. The zero-order valence-electron chi connectivity index (χ0n) is 19.2. The number of phosphoric ester groups is 1. The molecule has 0 radical (unpaired) electrons. The number of nitrogens with one attached hydrogen (secondary N) is 1. The van der Waals surface area contributed by atoms with Crippen molar-refractivity contribution < 1.29 is 37.9 Å². The lowest BCUT2D eigenvalue weighted by Crippen LogP contribution is -2.27. The van der Waals surface area contributed by atoms with Gasteiger partial charge in [-0.1, -0.05) is 71.1 Å². The SMILES string of the molecule is CCCCCCCCCCCCCC(=O)NCCOP(=O)(O)OCC(O)COC(C)=O. The maximum Gasteiger partial charge on any atom is 0.472 e. The van der Waals surface area contributed by atoms with Gasteiger partial charge in [0, 0.05) is 19.9 Å². The second-order valence-electron chi connectivity index (χ2n) is 7.69. The van der Waals surface area contributed by atoms with Gasteiger partial charge in [-0.2, -0.15) is 0 Å². The summed E-state index contributed by atoms with van der Waals surface area (Å²) in [5.41, 5.74) is 0. The number of phosphoric acid groups is 1. The second kappa shape index (κ2) is 19.7. The van der Waals surface area contributed by atoms with Gasteiger partial charge in [0.15, 0.2) is 0 Å². The fourth-order valence-corrected chi connectivity index (χ4v) is 3.63. The smallest absolute Gasteiger partial charge is 0.463 e. The second-order valence-corrected chi connectivity index (χ2v) is 9.14. The number of unbranched alkanes of at least 4 members (excludes halogenated alkanes) is 10. The number of amides is 1. The Kier molecular flexibility index (Phi) is 19.0. The number of hydrogen-bond acceptors (Lipinski definition) is 7. The summed E-state index contributed by atoms with van der Waals surface area (Å²) >= 11 is 0. The molecule has 0 saturated carbocycles. The van der Waals surface area contributed by atoms with Crippen molar-refractivity contribution >= 4 is 19.7 Å². The largest absolute Gasteiger partial charge is 0.472 e. The summed E-state index contributed by atoms with van der Waals surface area (Å²) in [6.07, 6.45) is 12.6. The van der Waals surface area contributed by atoms with Gasteiger partial charge >= 0.3 is 13.8 Å². The zero-order chi connectivity index (χ0) is 23.4. The molecule has 10 heteroatoms. The number of ether oxygens (including phenoxy) is 1. The van der Waals surface area contributed by atoms with Gasteiger partial charge < -0.3 is 20.1 Å². The molecule has 0 aromatic carbocycles. The highest BCUT2D eigenvalue weighted by Gasteiger charge is 2.23. The van der Waals surface area contributed by atoms with Gasteiger partial charge in [0.2, 0.25) is 5.91 Å². The average Bonchev–Trinajstić information content (AvgIpc) is 2.72. The van der Waals surface area contributed by atoms with Crippen LogP contribution in [0.2, 0.25) is 0 Å². The molecule has 0 spiro atoms. The minimum Gasteiger partial charge on any atom is -0.463 e. The molecule has 31 heavy (non-hydrogen) atoms. The quantitative estimate of drug-likeness (QED) is 0.132. The predicted octanol–water partition coefficient (Wildman–Crippen LogP) is 3.86. The van der Waals surface area contributed by atoms with E-state index in [2.05, 4.69) is 21.5 Å². The number of aliphatic hydroxyl groups excluding tert-OH is 1. The predicted molar refractivity (Wildman–Crippen MR) is 118 cm³/mol. The van der Waals surface area contributed by atoms with E-state index in [0.717, 1.165) is 19.3 Å². The van der Waals surface area contributed by atoms with E-state index in [4.69, 9.17) is 4.52 Å². The van der Waals surface area contributed by atoms with Gasteiger partial charge in [0.25, 0.3) is 0 Å². The van der Waals surface area contributed by atoms with Gasteiger partial charge in [-0.05, 0) is 6.42 Å². The van der Waals surface area contributed by atoms with Gasteiger partial charge in [-0.3, -0.25) is 18.6 Å². The van der Waals surface area contributed by atoms with E-state index < -0.39 is 26.5 Å². The number of rotatable bonds is 21. The van der Waals surface area contributed by atoms with Crippen LogP contribution in [0.15, 0.2) is 0 Å². The molecule has 9 nitrogen and oxygen atoms in total. The monoisotopic (exact) mass is 467 g/mol. The summed E-state index contributed by atoms with van der Waals surface area (Å²) in [7, 11) is -4.35. The lowest BCUT2D eigenvalue weighted by molar-refractivity contribution is -0.144. The lowest BCUT2D eigenvalue weighted by Gasteiger charge is -2.15. The van der Waals surface area contributed by atoms with Crippen LogP contribution in [0.4, 0.5) is 0 Å². The molecule has 0 aromatic heterocycles.